The van der Waals surface area contributed by atoms with Gasteiger partial charge in [0, 0.05) is 10.9 Å². The molecule has 1 aromatic heterocycles. The number of rotatable bonds is 7. The van der Waals surface area contributed by atoms with E-state index in [0.717, 1.165) is 36.8 Å². The second kappa shape index (κ2) is 9.15. The molecule has 1 aromatic carbocycles. The largest absolute Gasteiger partial charge is 0.462 e. The van der Waals surface area contributed by atoms with Gasteiger partial charge in [-0.05, 0) is 50.7 Å². The van der Waals surface area contributed by atoms with E-state index in [1.54, 1.807) is 6.92 Å². The van der Waals surface area contributed by atoms with E-state index in [9.17, 15) is 9.59 Å². The molecule has 0 saturated carbocycles. The number of carbonyl (C=O) groups excluding carboxylic acids is 2. The van der Waals surface area contributed by atoms with Gasteiger partial charge in [-0.3, -0.25) is 4.79 Å². The minimum atomic E-state index is -0.335. The number of fused-ring (bicyclic) bond motifs is 1. The number of ether oxygens (including phenoxy) is 1. The van der Waals surface area contributed by atoms with Gasteiger partial charge in [-0.1, -0.05) is 30.3 Å². The molecule has 2 aromatic rings. The average molecular weight is 387 g/mol. The lowest BCUT2D eigenvalue weighted by Gasteiger charge is -2.14. The molecule has 6 heteroatoms. The van der Waals surface area contributed by atoms with E-state index < -0.39 is 0 Å². The maximum Gasteiger partial charge on any atom is 0.341 e. The molecule has 1 aliphatic carbocycles. The van der Waals surface area contributed by atoms with Gasteiger partial charge in [0.2, 0.25) is 5.91 Å². The Bertz CT molecular complexity index is 801. The third-order valence-corrected chi connectivity index (χ3v) is 5.98. The van der Waals surface area contributed by atoms with Crippen LogP contribution in [0.25, 0.3) is 0 Å². The van der Waals surface area contributed by atoms with Gasteiger partial charge in [0.05, 0.1) is 18.7 Å². The van der Waals surface area contributed by atoms with Crippen LogP contribution in [0.2, 0.25) is 0 Å². The lowest BCUT2D eigenvalue weighted by molar-refractivity contribution is -0.115. The summed E-state index contributed by atoms with van der Waals surface area (Å²) in [6.45, 7) is 4.33. The first kappa shape index (κ1) is 19.6. The van der Waals surface area contributed by atoms with Crippen LogP contribution in [0.1, 0.15) is 59.1 Å². The molecule has 2 N–H and O–H groups in total. The van der Waals surface area contributed by atoms with Crippen molar-refractivity contribution in [2.75, 3.05) is 18.5 Å². The van der Waals surface area contributed by atoms with Gasteiger partial charge in [-0.2, -0.15) is 0 Å². The maximum atomic E-state index is 12.5. The summed E-state index contributed by atoms with van der Waals surface area (Å²) < 4.78 is 5.23. The molecule has 0 radical (unpaired) electrons. The lowest BCUT2D eigenvalue weighted by Crippen LogP contribution is -2.30. The highest BCUT2D eigenvalue weighted by molar-refractivity contribution is 7.17. The number of esters is 1. The number of amides is 1. The van der Waals surface area contributed by atoms with E-state index in [0.29, 0.717) is 17.2 Å². The Balaban J connectivity index is 1.68. The van der Waals surface area contributed by atoms with Gasteiger partial charge in [0.15, 0.2) is 0 Å². The number of hydrogen-bond donors (Lipinski definition) is 2. The van der Waals surface area contributed by atoms with Crippen LogP contribution in [-0.2, 0) is 22.4 Å². The van der Waals surface area contributed by atoms with E-state index in [4.69, 9.17) is 4.74 Å². The molecule has 0 unspecified atom stereocenters. The van der Waals surface area contributed by atoms with Gasteiger partial charge >= 0.3 is 5.97 Å². The van der Waals surface area contributed by atoms with Crippen molar-refractivity contribution in [3.8, 4) is 0 Å². The van der Waals surface area contributed by atoms with E-state index in [2.05, 4.69) is 10.6 Å². The summed E-state index contributed by atoms with van der Waals surface area (Å²) in [4.78, 5) is 26.1. The van der Waals surface area contributed by atoms with Gasteiger partial charge in [0.25, 0.3) is 0 Å². The van der Waals surface area contributed by atoms with Gasteiger partial charge < -0.3 is 15.4 Å². The van der Waals surface area contributed by atoms with E-state index in [-0.39, 0.29) is 24.5 Å². The van der Waals surface area contributed by atoms with E-state index in [1.165, 1.54) is 16.2 Å². The molecule has 144 valence electrons. The van der Waals surface area contributed by atoms with Gasteiger partial charge in [0.1, 0.15) is 5.00 Å². The molecule has 5 nitrogen and oxygen atoms in total. The molecule has 0 fully saturated rings. The van der Waals surface area contributed by atoms with Crippen molar-refractivity contribution in [1.29, 1.82) is 0 Å². The number of aryl methyl sites for hydroxylation is 1. The molecule has 1 aliphatic rings. The van der Waals surface area contributed by atoms with Crippen molar-refractivity contribution in [1.82, 2.24) is 5.32 Å². The van der Waals surface area contributed by atoms with Crippen molar-refractivity contribution in [2.24, 2.45) is 0 Å². The van der Waals surface area contributed by atoms with E-state index in [1.807, 2.05) is 37.3 Å². The Kier molecular flexibility index (Phi) is 6.63. The van der Waals surface area contributed by atoms with Crippen molar-refractivity contribution >= 4 is 28.2 Å². The molecule has 0 saturated heterocycles. The van der Waals surface area contributed by atoms with Crippen LogP contribution in [0.5, 0.6) is 0 Å². The molecule has 3 rings (SSSR count). The Morgan fingerprint density at radius 3 is 2.67 bits per heavy atom. The Morgan fingerprint density at radius 2 is 1.93 bits per heavy atom. The van der Waals surface area contributed by atoms with Crippen molar-refractivity contribution in [2.45, 2.75) is 45.6 Å². The molecule has 1 atom stereocenters. The SMILES string of the molecule is CCOC(=O)c1c(NC(=O)CN[C@@H](C)c2ccccc2)sc2c1CCCC2. The summed E-state index contributed by atoms with van der Waals surface area (Å²) in [5, 5.41) is 6.79. The standard InChI is InChI=1S/C21H26N2O3S/c1-3-26-21(25)19-16-11-7-8-12-17(16)27-20(19)23-18(24)13-22-14(2)15-9-5-4-6-10-15/h4-6,9-10,14,22H,3,7-8,11-13H2,1-2H3,(H,23,24)/t14-/m0/s1. The fourth-order valence-corrected chi connectivity index (χ4v) is 4.64. The highest BCUT2D eigenvalue weighted by atomic mass is 32.1. The van der Waals surface area contributed by atoms with Crippen LogP contribution in [0.4, 0.5) is 5.00 Å². The predicted molar refractivity (Wildman–Crippen MR) is 108 cm³/mol. The zero-order chi connectivity index (χ0) is 19.2. The van der Waals surface area contributed by atoms with Crippen LogP contribution in [0, 0.1) is 0 Å². The normalized spacial score (nSPS) is 14.3. The molecule has 0 bridgehead atoms. The predicted octanol–water partition coefficient (Wildman–Crippen LogP) is 4.09. The molecule has 1 amide bonds. The number of nitrogens with one attached hydrogen (secondary N) is 2. The zero-order valence-electron chi connectivity index (χ0n) is 15.8. The van der Waals surface area contributed by atoms with Gasteiger partial charge in [-0.25, -0.2) is 4.79 Å². The molecule has 27 heavy (non-hydrogen) atoms. The minimum absolute atomic E-state index is 0.0676. The molecule has 1 heterocycles. The number of carbonyl (C=O) groups is 2. The van der Waals surface area contributed by atoms with Crippen LogP contribution in [0.15, 0.2) is 30.3 Å². The smallest absolute Gasteiger partial charge is 0.341 e. The summed E-state index contributed by atoms with van der Waals surface area (Å²) in [6, 6.07) is 10.1. The van der Waals surface area contributed by atoms with Crippen LogP contribution >= 0.6 is 11.3 Å². The van der Waals surface area contributed by atoms with Crippen LogP contribution in [0.3, 0.4) is 0 Å². The first-order chi connectivity index (χ1) is 13.1. The number of benzene rings is 1. The summed E-state index contributed by atoms with van der Waals surface area (Å²) in [5.74, 6) is -0.486. The fourth-order valence-electron chi connectivity index (χ4n) is 3.35. The van der Waals surface area contributed by atoms with Crippen LogP contribution in [-0.4, -0.2) is 25.0 Å². The summed E-state index contributed by atoms with van der Waals surface area (Å²) in [6.07, 6.45) is 4.03. The first-order valence-electron chi connectivity index (χ1n) is 9.50. The molecule has 0 spiro atoms. The third kappa shape index (κ3) is 4.76. The summed E-state index contributed by atoms with van der Waals surface area (Å²) in [5.41, 5.74) is 2.75. The highest BCUT2D eigenvalue weighted by Crippen LogP contribution is 2.38. The minimum Gasteiger partial charge on any atom is -0.462 e. The second-order valence-corrected chi connectivity index (χ2v) is 7.80. The lowest BCUT2D eigenvalue weighted by atomic mass is 9.95. The Hall–Kier alpha value is -2.18. The second-order valence-electron chi connectivity index (χ2n) is 6.70. The highest BCUT2D eigenvalue weighted by Gasteiger charge is 2.27. The number of thiophene rings is 1. The molecular formula is C21H26N2O3S. The third-order valence-electron chi connectivity index (χ3n) is 4.77. The topological polar surface area (TPSA) is 67.4 Å². The van der Waals surface area contributed by atoms with E-state index >= 15 is 0 Å². The van der Waals surface area contributed by atoms with Crippen molar-refractivity contribution < 1.29 is 14.3 Å². The summed E-state index contributed by atoms with van der Waals surface area (Å²) >= 11 is 1.51. The zero-order valence-corrected chi connectivity index (χ0v) is 16.7. The number of anilines is 1. The monoisotopic (exact) mass is 386 g/mol. The average Bonchev–Trinajstić information content (AvgIpc) is 3.04. The van der Waals surface area contributed by atoms with Crippen molar-refractivity contribution in [3.63, 3.8) is 0 Å². The Morgan fingerprint density at radius 1 is 1.19 bits per heavy atom. The molecule has 0 aliphatic heterocycles. The first-order valence-corrected chi connectivity index (χ1v) is 10.3. The Labute approximate surface area is 164 Å². The molecular weight excluding hydrogens is 360 g/mol. The van der Waals surface area contributed by atoms with Crippen LogP contribution < -0.4 is 10.6 Å². The summed E-state index contributed by atoms with van der Waals surface area (Å²) in [7, 11) is 0. The number of hydrogen-bond acceptors (Lipinski definition) is 5. The maximum absolute atomic E-state index is 12.5. The quantitative estimate of drug-likeness (QED) is 0.703. The van der Waals surface area contributed by atoms with Gasteiger partial charge in [-0.15, -0.1) is 11.3 Å². The van der Waals surface area contributed by atoms with Crippen molar-refractivity contribution in [3.05, 3.63) is 51.9 Å². The fraction of sp³-hybridized carbons (Fsp3) is 0.429.